The zero-order chi connectivity index (χ0) is 16.8. The molecule has 0 spiro atoms. The Labute approximate surface area is 130 Å². The molecule has 3 nitrogen and oxygen atoms in total. The van der Waals surface area contributed by atoms with Gasteiger partial charge in [-0.15, -0.1) is 0 Å². The van der Waals surface area contributed by atoms with Crippen molar-refractivity contribution in [1.82, 2.24) is 0 Å². The Morgan fingerprint density at radius 1 is 1.09 bits per heavy atom. The second kappa shape index (κ2) is 5.22. The molecule has 0 saturated carbocycles. The molecule has 118 valence electrons. The van der Waals surface area contributed by atoms with Crippen LogP contribution in [0.5, 0.6) is 5.75 Å². The molecule has 0 fully saturated rings. The summed E-state index contributed by atoms with van der Waals surface area (Å²) in [6, 6.07) is 8.29. The van der Waals surface area contributed by atoms with E-state index in [9.17, 15) is 18.0 Å². The van der Waals surface area contributed by atoms with Crippen molar-refractivity contribution in [3.05, 3.63) is 58.7 Å². The number of fused-ring (bicyclic) bond motifs is 1. The number of benzene rings is 2. The van der Waals surface area contributed by atoms with E-state index < -0.39 is 17.8 Å². The predicted octanol–water partition coefficient (Wildman–Crippen LogP) is 4.60. The number of halogens is 3. The van der Waals surface area contributed by atoms with E-state index in [-0.39, 0.29) is 0 Å². The third kappa shape index (κ3) is 2.84. The maximum absolute atomic E-state index is 12.6. The minimum atomic E-state index is -4.38. The average Bonchev–Trinajstić information content (AvgIpc) is 2.76. The Hall–Kier alpha value is -2.63. The molecular weight excluding hydrogens is 307 g/mol. The summed E-state index contributed by atoms with van der Waals surface area (Å²) < 4.78 is 44.3. The van der Waals surface area contributed by atoms with E-state index in [1.165, 1.54) is 22.9 Å². The van der Waals surface area contributed by atoms with E-state index in [4.69, 9.17) is 4.74 Å². The number of carbonyl (C=O) groups is 1. The summed E-state index contributed by atoms with van der Waals surface area (Å²) in [5.41, 5.74) is 2.13. The summed E-state index contributed by atoms with van der Waals surface area (Å²) in [6.07, 6.45) is -3.49. The average molecular weight is 320 g/mol. The van der Waals surface area contributed by atoms with Crippen LogP contribution in [0.1, 0.15) is 22.3 Å². The van der Waals surface area contributed by atoms with E-state index in [2.05, 4.69) is 0 Å². The molecule has 6 heteroatoms. The molecule has 0 radical (unpaired) electrons. The number of nitrogens with zero attached hydrogens (tertiary/aromatic N) is 1. The van der Waals surface area contributed by atoms with Gasteiger partial charge in [-0.1, -0.05) is 10.6 Å². The van der Waals surface area contributed by atoms with Crippen molar-refractivity contribution in [2.45, 2.75) is 20.0 Å². The molecule has 2 aromatic carbocycles. The van der Waals surface area contributed by atoms with Gasteiger partial charge in [0.2, 0.25) is 5.75 Å². The minimum absolute atomic E-state index is 0.474. The highest BCUT2D eigenvalue weighted by Gasteiger charge is 2.37. The normalized spacial score (nSPS) is 15.7. The van der Waals surface area contributed by atoms with Gasteiger partial charge in [-0.05, 0) is 49.2 Å². The van der Waals surface area contributed by atoms with Crippen molar-refractivity contribution in [3.8, 4) is 5.75 Å². The van der Waals surface area contributed by atoms with Gasteiger partial charge in [0.1, 0.15) is 0 Å². The zero-order valence-corrected chi connectivity index (χ0v) is 12.4. The molecule has 0 unspecified atom stereocenters. The third-order valence-electron chi connectivity index (χ3n) is 3.56. The van der Waals surface area contributed by atoms with Gasteiger partial charge in [0.15, 0.2) is 6.21 Å². The summed E-state index contributed by atoms with van der Waals surface area (Å²) in [5, 5.41) is 0. The van der Waals surface area contributed by atoms with Gasteiger partial charge in [0.25, 0.3) is 5.69 Å². The van der Waals surface area contributed by atoms with Crippen molar-refractivity contribution in [2.24, 2.45) is 0 Å². The smallest absolute Gasteiger partial charge is 0.365 e. The number of alkyl halides is 3. The minimum Gasteiger partial charge on any atom is -0.365 e. The summed E-state index contributed by atoms with van der Waals surface area (Å²) in [4.78, 5) is 12.0. The van der Waals surface area contributed by atoms with Gasteiger partial charge in [-0.2, -0.15) is 18.0 Å². The number of hydrogen-bond donors (Lipinski definition) is 0. The monoisotopic (exact) mass is 320 g/mol. The highest BCUT2D eigenvalue weighted by Crippen LogP contribution is 2.37. The highest BCUT2D eigenvalue weighted by molar-refractivity contribution is 5.86. The van der Waals surface area contributed by atoms with Gasteiger partial charge in [-0.3, -0.25) is 0 Å². The highest BCUT2D eigenvalue weighted by atomic mass is 19.4. The molecule has 1 aliphatic rings. The molecule has 1 aliphatic heterocycles. The Bertz CT molecular complexity index is 821. The molecular formula is C17H13F3NO2+. The van der Waals surface area contributed by atoms with Crippen LogP contribution in [0.15, 0.2) is 36.4 Å². The number of aryl methyl sites for hydroxylation is 2. The second-order valence-corrected chi connectivity index (χ2v) is 5.42. The summed E-state index contributed by atoms with van der Waals surface area (Å²) >= 11 is 0. The topological polar surface area (TPSA) is 29.3 Å². The summed E-state index contributed by atoms with van der Waals surface area (Å²) in [5.74, 6) is 0.476. The fraction of sp³-hybridized carbons (Fsp3) is 0.176. The van der Waals surface area contributed by atoms with Gasteiger partial charge >= 0.3 is 12.3 Å². The quantitative estimate of drug-likeness (QED) is 0.719. The number of ether oxygens (including phenoxy) is 1. The Morgan fingerprint density at radius 3 is 2.35 bits per heavy atom. The van der Waals surface area contributed by atoms with Crippen molar-refractivity contribution in [3.63, 3.8) is 0 Å². The summed E-state index contributed by atoms with van der Waals surface area (Å²) in [7, 11) is 0. The lowest BCUT2D eigenvalue weighted by atomic mass is 10.1. The van der Waals surface area contributed by atoms with E-state index in [0.717, 1.165) is 23.3 Å². The van der Waals surface area contributed by atoms with E-state index >= 15 is 0 Å². The van der Waals surface area contributed by atoms with Gasteiger partial charge in [0, 0.05) is 11.6 Å². The molecule has 23 heavy (non-hydrogen) atoms. The van der Waals surface area contributed by atoms with Crippen LogP contribution >= 0.6 is 0 Å². The van der Waals surface area contributed by atoms with Crippen LogP contribution in [0.3, 0.4) is 0 Å². The van der Waals surface area contributed by atoms with Crippen molar-refractivity contribution in [2.75, 3.05) is 0 Å². The molecule has 3 rings (SSSR count). The molecule has 0 saturated heterocycles. The van der Waals surface area contributed by atoms with Crippen LogP contribution in [0.2, 0.25) is 0 Å². The van der Waals surface area contributed by atoms with Crippen LogP contribution in [0.25, 0.3) is 0 Å². The van der Waals surface area contributed by atoms with Gasteiger partial charge in [0.05, 0.1) is 5.56 Å². The molecule has 1 heterocycles. The Morgan fingerprint density at radius 2 is 1.74 bits per heavy atom. The lowest BCUT2D eigenvalue weighted by Crippen LogP contribution is -2.14. The zero-order valence-electron chi connectivity index (χ0n) is 12.4. The number of rotatable bonds is 1. The largest absolute Gasteiger partial charge is 0.608 e. The first-order valence-electron chi connectivity index (χ1n) is 6.90. The standard InChI is InChI=1S/C17H13F3NO2/c1-10-7-11(2)15-14(8-10)21(16(22)23-15)9-12-3-5-13(6-4-12)17(18,19)20/h3-9H,1-2H3/q+1/b21-9+. The Balaban J connectivity index is 2.03. The van der Waals surface area contributed by atoms with E-state index in [1.54, 1.807) is 6.07 Å². The molecule has 0 aromatic heterocycles. The number of carbonyl (C=O) groups excluding carboxylic acids is 1. The predicted molar refractivity (Wildman–Crippen MR) is 78.5 cm³/mol. The van der Waals surface area contributed by atoms with Gasteiger partial charge in [-0.25, -0.2) is 0 Å². The third-order valence-corrected chi connectivity index (χ3v) is 3.56. The van der Waals surface area contributed by atoms with E-state index in [1.807, 2.05) is 19.9 Å². The SMILES string of the molecule is Cc1cc(C)c2c(c1)/[N+](=C\c1ccc(C(F)(F)F)cc1)C(=O)O2. The molecule has 0 N–H and O–H groups in total. The van der Waals surface area contributed by atoms with Crippen LogP contribution in [0, 0.1) is 13.8 Å². The van der Waals surface area contributed by atoms with Gasteiger partial charge < -0.3 is 4.74 Å². The molecule has 0 atom stereocenters. The molecule has 0 aliphatic carbocycles. The Kier molecular flexibility index (Phi) is 3.47. The molecule has 1 amide bonds. The molecule has 2 aromatic rings. The van der Waals surface area contributed by atoms with Crippen LogP contribution in [-0.4, -0.2) is 16.9 Å². The van der Waals surface area contributed by atoms with Crippen LogP contribution in [0.4, 0.5) is 23.7 Å². The van der Waals surface area contributed by atoms with Crippen molar-refractivity contribution in [1.29, 1.82) is 0 Å². The molecule has 0 bridgehead atoms. The van der Waals surface area contributed by atoms with Crippen LogP contribution < -0.4 is 4.74 Å². The first kappa shape index (κ1) is 15.3. The first-order valence-corrected chi connectivity index (χ1v) is 6.90. The first-order chi connectivity index (χ1) is 10.8. The van der Waals surface area contributed by atoms with Crippen molar-refractivity contribution < 1.29 is 27.3 Å². The number of amides is 1. The fourth-order valence-electron chi connectivity index (χ4n) is 2.51. The fourth-order valence-corrected chi connectivity index (χ4v) is 2.51. The maximum atomic E-state index is 12.6. The second-order valence-electron chi connectivity index (χ2n) is 5.42. The van der Waals surface area contributed by atoms with E-state index in [0.29, 0.717) is 17.0 Å². The summed E-state index contributed by atoms with van der Waals surface area (Å²) in [6.45, 7) is 3.73. The lowest BCUT2D eigenvalue weighted by Gasteiger charge is -2.05. The number of hydrogen-bond acceptors (Lipinski definition) is 2. The van der Waals surface area contributed by atoms with Crippen molar-refractivity contribution >= 4 is 18.0 Å². The van der Waals surface area contributed by atoms with Crippen LogP contribution in [-0.2, 0) is 6.18 Å². The lowest BCUT2D eigenvalue weighted by molar-refractivity contribution is -0.328. The maximum Gasteiger partial charge on any atom is 0.608 e.